The van der Waals surface area contributed by atoms with Crippen molar-refractivity contribution in [1.29, 1.82) is 0 Å². The lowest BCUT2D eigenvalue weighted by Crippen LogP contribution is -2.38. The van der Waals surface area contributed by atoms with Crippen LogP contribution in [0.25, 0.3) is 5.70 Å². The fraction of sp³-hybridized carbons (Fsp3) is 0.321. The summed E-state index contributed by atoms with van der Waals surface area (Å²) in [5.74, 6) is 0.619. The SMILES string of the molecule is CCOC(=O)C1=C(c2ccccc2)N=C2SC=C(CC(=O)NC3CC3)N2[C@H]1c1ccc(OC)c(OC)c1. The molecule has 2 aliphatic heterocycles. The summed E-state index contributed by atoms with van der Waals surface area (Å²) in [5.41, 5.74) is 3.33. The topological polar surface area (TPSA) is 89.5 Å². The van der Waals surface area contributed by atoms with Crippen LogP contribution in [0, 0.1) is 0 Å². The van der Waals surface area contributed by atoms with Gasteiger partial charge in [0.1, 0.15) is 0 Å². The number of aliphatic imine (C=N–C) groups is 1. The van der Waals surface area contributed by atoms with Gasteiger partial charge in [-0.1, -0.05) is 48.2 Å². The fourth-order valence-corrected chi connectivity index (χ4v) is 5.42. The maximum atomic E-state index is 13.6. The van der Waals surface area contributed by atoms with Crippen molar-refractivity contribution in [3.63, 3.8) is 0 Å². The average Bonchev–Trinajstić information content (AvgIpc) is 3.65. The Kier molecular flexibility index (Phi) is 7.23. The Hall–Kier alpha value is -3.72. The molecule has 0 saturated heterocycles. The molecule has 0 bridgehead atoms. The largest absolute Gasteiger partial charge is 0.493 e. The van der Waals surface area contributed by atoms with Gasteiger partial charge in [-0.25, -0.2) is 9.79 Å². The molecule has 1 saturated carbocycles. The van der Waals surface area contributed by atoms with Crippen LogP contribution in [0.1, 0.15) is 43.4 Å². The quantitative estimate of drug-likeness (QED) is 0.483. The van der Waals surface area contributed by atoms with Crippen molar-refractivity contribution in [3.8, 4) is 11.5 Å². The minimum Gasteiger partial charge on any atom is -0.493 e. The molecule has 1 atom stereocenters. The summed E-state index contributed by atoms with van der Waals surface area (Å²) in [6, 6.07) is 14.9. The number of benzene rings is 2. The van der Waals surface area contributed by atoms with E-state index in [1.54, 1.807) is 21.1 Å². The number of thioether (sulfide) groups is 1. The third kappa shape index (κ3) is 5.09. The van der Waals surface area contributed by atoms with E-state index >= 15 is 0 Å². The molecule has 1 fully saturated rings. The third-order valence-corrected chi connectivity index (χ3v) is 7.25. The number of nitrogens with one attached hydrogen (secondary N) is 1. The zero-order valence-electron chi connectivity index (χ0n) is 21.0. The third-order valence-electron chi connectivity index (χ3n) is 6.36. The molecule has 5 rings (SSSR count). The van der Waals surface area contributed by atoms with Crippen LogP contribution in [-0.2, 0) is 14.3 Å². The Bertz CT molecular complexity index is 1300. The van der Waals surface area contributed by atoms with E-state index in [1.807, 2.05) is 58.8 Å². The lowest BCUT2D eigenvalue weighted by atomic mass is 9.91. The standard InChI is InChI=1S/C28H29N3O5S/c1-4-36-27(33)24-25(17-8-6-5-7-9-17)30-28-31(20(16-37-28)15-23(32)29-19-11-12-19)26(24)18-10-13-21(34-2)22(14-18)35-3/h5-10,13-14,16,19,26H,4,11-12,15H2,1-3H3,(H,29,32)/t26-/m0/s1. The number of carbonyl (C=O) groups is 2. The van der Waals surface area contributed by atoms with Crippen LogP contribution in [0.3, 0.4) is 0 Å². The van der Waals surface area contributed by atoms with Crippen LogP contribution < -0.4 is 14.8 Å². The van der Waals surface area contributed by atoms with Crippen molar-refractivity contribution >= 4 is 34.5 Å². The number of nitrogens with zero attached hydrogens (tertiary/aromatic N) is 2. The average molecular weight is 520 g/mol. The summed E-state index contributed by atoms with van der Waals surface area (Å²) in [6.45, 7) is 2.00. The number of hydrogen-bond donors (Lipinski definition) is 1. The minimum absolute atomic E-state index is 0.0443. The molecule has 2 heterocycles. The van der Waals surface area contributed by atoms with E-state index in [4.69, 9.17) is 19.2 Å². The van der Waals surface area contributed by atoms with Gasteiger partial charge in [0.15, 0.2) is 16.7 Å². The van der Waals surface area contributed by atoms with Crippen LogP contribution in [0.4, 0.5) is 0 Å². The molecule has 2 aromatic rings. The van der Waals surface area contributed by atoms with Crippen molar-refractivity contribution < 1.29 is 23.8 Å². The highest BCUT2D eigenvalue weighted by molar-refractivity contribution is 8.16. The van der Waals surface area contributed by atoms with Crippen molar-refractivity contribution in [2.24, 2.45) is 4.99 Å². The molecule has 1 N–H and O–H groups in total. The first-order valence-corrected chi connectivity index (χ1v) is 13.1. The molecule has 0 aromatic heterocycles. The van der Waals surface area contributed by atoms with Crippen molar-refractivity contribution in [2.45, 2.75) is 38.3 Å². The summed E-state index contributed by atoms with van der Waals surface area (Å²) < 4.78 is 16.6. The zero-order valence-corrected chi connectivity index (χ0v) is 21.8. The Labute approximate surface area is 220 Å². The molecule has 1 aliphatic carbocycles. The molecule has 192 valence electrons. The second-order valence-electron chi connectivity index (χ2n) is 8.88. The number of esters is 1. The van der Waals surface area contributed by atoms with E-state index < -0.39 is 12.0 Å². The molecule has 3 aliphatic rings. The minimum atomic E-state index is -0.587. The van der Waals surface area contributed by atoms with Crippen LogP contribution in [0.5, 0.6) is 11.5 Å². The molecule has 2 aromatic carbocycles. The monoisotopic (exact) mass is 519 g/mol. The van der Waals surface area contributed by atoms with E-state index in [2.05, 4.69) is 5.32 Å². The van der Waals surface area contributed by atoms with Crippen LogP contribution in [-0.4, -0.2) is 48.8 Å². The van der Waals surface area contributed by atoms with E-state index in [1.165, 1.54) is 11.8 Å². The van der Waals surface area contributed by atoms with Crippen molar-refractivity contribution in [2.75, 3.05) is 20.8 Å². The second-order valence-corrected chi connectivity index (χ2v) is 9.71. The smallest absolute Gasteiger partial charge is 0.338 e. The highest BCUT2D eigenvalue weighted by atomic mass is 32.2. The van der Waals surface area contributed by atoms with Gasteiger partial charge in [-0.05, 0) is 42.9 Å². The Morgan fingerprint density at radius 3 is 2.51 bits per heavy atom. The summed E-state index contributed by atoms with van der Waals surface area (Å²) >= 11 is 1.44. The number of amidine groups is 1. The molecule has 37 heavy (non-hydrogen) atoms. The first-order chi connectivity index (χ1) is 18.0. The van der Waals surface area contributed by atoms with Gasteiger partial charge in [0.2, 0.25) is 5.91 Å². The van der Waals surface area contributed by atoms with Crippen molar-refractivity contribution in [3.05, 3.63) is 76.3 Å². The van der Waals surface area contributed by atoms with E-state index in [0.717, 1.165) is 29.7 Å². The van der Waals surface area contributed by atoms with Crippen LogP contribution in [0.15, 0.2) is 70.2 Å². The summed E-state index contributed by atoms with van der Waals surface area (Å²) in [4.78, 5) is 33.3. The molecule has 8 nitrogen and oxygen atoms in total. The van der Waals surface area contributed by atoms with E-state index in [-0.39, 0.29) is 25.0 Å². The molecular formula is C28H29N3O5S. The molecule has 9 heteroatoms. The first-order valence-electron chi connectivity index (χ1n) is 12.3. The number of methoxy groups -OCH3 is 2. The number of amides is 1. The van der Waals surface area contributed by atoms with Gasteiger partial charge in [0.25, 0.3) is 0 Å². The Morgan fingerprint density at radius 1 is 1.08 bits per heavy atom. The summed E-state index contributed by atoms with van der Waals surface area (Å²) in [5, 5.41) is 5.69. The van der Waals surface area contributed by atoms with E-state index in [9.17, 15) is 9.59 Å². The van der Waals surface area contributed by atoms with Gasteiger partial charge >= 0.3 is 5.97 Å². The van der Waals surface area contributed by atoms with Crippen molar-refractivity contribution in [1.82, 2.24) is 10.2 Å². The maximum Gasteiger partial charge on any atom is 0.338 e. The maximum absolute atomic E-state index is 13.6. The predicted molar refractivity (Wildman–Crippen MR) is 143 cm³/mol. The predicted octanol–water partition coefficient (Wildman–Crippen LogP) is 4.65. The lowest BCUT2D eigenvalue weighted by Gasteiger charge is -2.37. The fourth-order valence-electron chi connectivity index (χ4n) is 4.50. The number of carbonyl (C=O) groups excluding carboxylic acids is 2. The van der Waals surface area contributed by atoms with Gasteiger partial charge in [-0.3, -0.25) is 4.79 Å². The molecular weight excluding hydrogens is 490 g/mol. The number of ether oxygens (including phenoxy) is 3. The van der Waals surface area contributed by atoms with Gasteiger partial charge < -0.3 is 24.4 Å². The number of fused-ring (bicyclic) bond motifs is 1. The Balaban J connectivity index is 1.65. The van der Waals surface area contributed by atoms with E-state index in [0.29, 0.717) is 27.9 Å². The van der Waals surface area contributed by atoms with Gasteiger partial charge in [0, 0.05) is 17.3 Å². The van der Waals surface area contributed by atoms with Gasteiger partial charge in [0.05, 0.1) is 44.6 Å². The Morgan fingerprint density at radius 2 is 1.84 bits per heavy atom. The summed E-state index contributed by atoms with van der Waals surface area (Å²) in [7, 11) is 3.16. The van der Waals surface area contributed by atoms with Crippen LogP contribution >= 0.6 is 11.8 Å². The highest BCUT2D eigenvalue weighted by Gasteiger charge is 2.42. The second kappa shape index (κ2) is 10.7. The number of rotatable bonds is 9. The summed E-state index contributed by atoms with van der Waals surface area (Å²) in [6.07, 6.45) is 2.21. The normalized spacial score (nSPS) is 18.6. The molecule has 0 unspecified atom stereocenters. The van der Waals surface area contributed by atoms with Crippen LogP contribution in [0.2, 0.25) is 0 Å². The first kappa shape index (κ1) is 25.0. The molecule has 0 spiro atoms. The number of hydrogen-bond acceptors (Lipinski definition) is 8. The lowest BCUT2D eigenvalue weighted by molar-refractivity contribution is -0.139. The molecule has 1 amide bonds. The highest BCUT2D eigenvalue weighted by Crippen LogP contribution is 2.48. The zero-order chi connectivity index (χ0) is 25.9. The molecule has 0 radical (unpaired) electrons. The van der Waals surface area contributed by atoms with Gasteiger partial charge in [-0.15, -0.1) is 0 Å². The van der Waals surface area contributed by atoms with Gasteiger partial charge in [-0.2, -0.15) is 0 Å².